The van der Waals surface area contributed by atoms with Crippen molar-refractivity contribution < 1.29 is 0 Å². The predicted molar refractivity (Wildman–Crippen MR) is 141 cm³/mol. The fraction of sp³-hybridized carbons (Fsp3) is 0.500. The Morgan fingerprint density at radius 1 is 1.13 bits per heavy atom. The van der Waals surface area contributed by atoms with Crippen LogP contribution in [-0.2, 0) is 6.54 Å². The van der Waals surface area contributed by atoms with Gasteiger partial charge in [0.25, 0.3) is 0 Å². The fourth-order valence-electron chi connectivity index (χ4n) is 3.86. The third kappa shape index (κ3) is 7.64. The van der Waals surface area contributed by atoms with E-state index in [0.717, 1.165) is 57.2 Å². The Kier molecular flexibility index (Phi) is 9.47. The van der Waals surface area contributed by atoms with Crippen LogP contribution in [0.4, 0.5) is 0 Å². The minimum absolute atomic E-state index is 0. The molecule has 1 aliphatic carbocycles. The van der Waals surface area contributed by atoms with E-state index in [4.69, 9.17) is 4.99 Å². The van der Waals surface area contributed by atoms with Gasteiger partial charge >= 0.3 is 0 Å². The highest BCUT2D eigenvalue weighted by atomic mass is 127. The van der Waals surface area contributed by atoms with Gasteiger partial charge < -0.3 is 10.6 Å². The molecule has 31 heavy (non-hydrogen) atoms. The first kappa shape index (κ1) is 24.3. The number of thioether (sulfide) groups is 1. The van der Waals surface area contributed by atoms with Gasteiger partial charge in [0.05, 0.1) is 12.2 Å². The molecule has 7 heteroatoms. The molecule has 0 unspecified atom stereocenters. The molecule has 2 fully saturated rings. The number of guanidine groups is 1. The molecule has 1 saturated heterocycles. The van der Waals surface area contributed by atoms with Crippen LogP contribution in [0, 0.1) is 0 Å². The molecular formula is C24H34IN5S. The van der Waals surface area contributed by atoms with Gasteiger partial charge in [0.2, 0.25) is 0 Å². The second kappa shape index (κ2) is 12.1. The van der Waals surface area contributed by atoms with Crippen molar-refractivity contribution in [3.63, 3.8) is 0 Å². The zero-order chi connectivity index (χ0) is 20.7. The Bertz CT molecular complexity index is 805. The topological polar surface area (TPSA) is 52.6 Å². The smallest absolute Gasteiger partial charge is 0.191 e. The molecule has 0 spiro atoms. The number of likely N-dealkylation sites (tertiary alicyclic amines) is 1. The lowest BCUT2D eigenvalue weighted by atomic mass is 10.0. The third-order valence-electron chi connectivity index (χ3n) is 5.79. The van der Waals surface area contributed by atoms with Crippen molar-refractivity contribution in [3.8, 4) is 0 Å². The minimum atomic E-state index is 0. The number of pyridine rings is 1. The summed E-state index contributed by atoms with van der Waals surface area (Å²) >= 11 is 1.99. The first-order valence-corrected chi connectivity index (χ1v) is 12.0. The number of hydrogen-bond acceptors (Lipinski definition) is 4. The second-order valence-corrected chi connectivity index (χ2v) is 9.85. The van der Waals surface area contributed by atoms with E-state index in [1.165, 1.54) is 17.7 Å². The number of aromatic nitrogens is 1. The van der Waals surface area contributed by atoms with E-state index >= 15 is 0 Å². The Labute approximate surface area is 207 Å². The zero-order valence-electron chi connectivity index (χ0n) is 18.3. The Balaban J connectivity index is 0.00000272. The Hall–Kier alpha value is -1.32. The van der Waals surface area contributed by atoms with Crippen molar-refractivity contribution in [2.24, 2.45) is 4.99 Å². The highest BCUT2D eigenvalue weighted by molar-refractivity contribution is 14.0. The van der Waals surface area contributed by atoms with Crippen molar-refractivity contribution >= 4 is 41.7 Å². The van der Waals surface area contributed by atoms with E-state index in [0.29, 0.717) is 6.04 Å². The molecule has 4 rings (SSSR count). The SMILES string of the molecule is CCNC(=NCC1(Sc2ccccc2)CC1)NC1CCN(Cc2ccccn2)CC1.I. The van der Waals surface area contributed by atoms with E-state index in [1.807, 2.05) is 24.0 Å². The summed E-state index contributed by atoms with van der Waals surface area (Å²) in [6.45, 7) is 7.05. The maximum absolute atomic E-state index is 4.97. The molecule has 168 valence electrons. The molecule has 2 aromatic rings. The largest absolute Gasteiger partial charge is 0.357 e. The molecular weight excluding hydrogens is 517 g/mol. The number of hydrogen-bond donors (Lipinski definition) is 2. The number of halogens is 1. The highest BCUT2D eigenvalue weighted by Gasteiger charge is 2.43. The van der Waals surface area contributed by atoms with E-state index in [2.05, 4.69) is 69.9 Å². The molecule has 0 radical (unpaired) electrons. The van der Waals surface area contributed by atoms with E-state index < -0.39 is 0 Å². The molecule has 1 aromatic carbocycles. The summed E-state index contributed by atoms with van der Waals surface area (Å²) in [6.07, 6.45) is 6.66. The van der Waals surface area contributed by atoms with Crippen molar-refractivity contribution in [3.05, 3.63) is 60.4 Å². The van der Waals surface area contributed by atoms with Crippen LogP contribution in [0.1, 0.15) is 38.3 Å². The maximum atomic E-state index is 4.97. The highest BCUT2D eigenvalue weighted by Crippen LogP contribution is 2.51. The van der Waals surface area contributed by atoms with Gasteiger partial charge in [0, 0.05) is 48.1 Å². The molecule has 1 saturated carbocycles. The van der Waals surface area contributed by atoms with Crippen molar-refractivity contribution in [2.45, 2.75) is 54.8 Å². The molecule has 5 nitrogen and oxygen atoms in total. The van der Waals surface area contributed by atoms with Crippen LogP contribution in [0.25, 0.3) is 0 Å². The molecule has 2 N–H and O–H groups in total. The van der Waals surface area contributed by atoms with Gasteiger partial charge in [-0.05, 0) is 56.9 Å². The van der Waals surface area contributed by atoms with Crippen LogP contribution in [0.5, 0.6) is 0 Å². The Morgan fingerprint density at radius 2 is 1.87 bits per heavy atom. The Morgan fingerprint density at radius 3 is 2.52 bits per heavy atom. The summed E-state index contributed by atoms with van der Waals surface area (Å²) in [5.41, 5.74) is 1.16. The average Bonchev–Trinajstić information content (AvgIpc) is 3.54. The predicted octanol–water partition coefficient (Wildman–Crippen LogP) is 4.54. The van der Waals surface area contributed by atoms with Crippen molar-refractivity contribution in [1.29, 1.82) is 0 Å². The molecule has 1 aliphatic heterocycles. The lowest BCUT2D eigenvalue weighted by Gasteiger charge is -2.33. The van der Waals surface area contributed by atoms with Gasteiger partial charge in [0.1, 0.15) is 0 Å². The summed E-state index contributed by atoms with van der Waals surface area (Å²) in [4.78, 5) is 13.3. The summed E-state index contributed by atoms with van der Waals surface area (Å²) in [6, 6.07) is 17.4. The van der Waals surface area contributed by atoms with Crippen LogP contribution in [-0.4, -0.2) is 52.8 Å². The van der Waals surface area contributed by atoms with Gasteiger partial charge in [0.15, 0.2) is 5.96 Å². The zero-order valence-corrected chi connectivity index (χ0v) is 21.4. The number of piperidine rings is 1. The van der Waals surface area contributed by atoms with Crippen molar-refractivity contribution in [2.75, 3.05) is 26.2 Å². The van der Waals surface area contributed by atoms with Crippen molar-refractivity contribution in [1.82, 2.24) is 20.5 Å². The summed E-state index contributed by atoms with van der Waals surface area (Å²) in [7, 11) is 0. The molecule has 0 amide bonds. The average molecular weight is 552 g/mol. The summed E-state index contributed by atoms with van der Waals surface area (Å²) < 4.78 is 0.287. The standard InChI is InChI=1S/C24H33N5S.HI/c1-2-25-23(27-19-24(13-14-24)30-22-9-4-3-5-10-22)28-20-11-16-29(17-12-20)18-21-8-6-7-15-26-21;/h3-10,15,20H,2,11-14,16-19H2,1H3,(H2,25,27,28);1H. The van der Waals surface area contributed by atoms with E-state index in [1.54, 1.807) is 0 Å². The quantitative estimate of drug-likeness (QED) is 0.287. The monoisotopic (exact) mass is 551 g/mol. The number of benzene rings is 1. The first-order chi connectivity index (χ1) is 14.7. The summed E-state index contributed by atoms with van der Waals surface area (Å²) in [5, 5.41) is 7.14. The van der Waals surface area contributed by atoms with Gasteiger partial charge in [-0.3, -0.25) is 14.9 Å². The van der Waals surface area contributed by atoms with Crippen LogP contribution < -0.4 is 10.6 Å². The number of aliphatic imine (C=N–C) groups is 1. The van der Waals surface area contributed by atoms with Crippen LogP contribution >= 0.6 is 35.7 Å². The van der Waals surface area contributed by atoms with Crippen LogP contribution in [0.3, 0.4) is 0 Å². The number of nitrogens with one attached hydrogen (secondary N) is 2. The van der Waals surface area contributed by atoms with Gasteiger partial charge in [-0.1, -0.05) is 24.3 Å². The minimum Gasteiger partial charge on any atom is -0.357 e. The summed E-state index contributed by atoms with van der Waals surface area (Å²) in [5.74, 6) is 0.973. The maximum Gasteiger partial charge on any atom is 0.191 e. The number of rotatable bonds is 8. The molecule has 2 aliphatic rings. The van der Waals surface area contributed by atoms with Gasteiger partial charge in [-0.2, -0.15) is 0 Å². The normalized spacial score (nSPS) is 18.8. The molecule has 0 bridgehead atoms. The third-order valence-corrected chi connectivity index (χ3v) is 7.27. The van der Waals surface area contributed by atoms with Gasteiger partial charge in [-0.25, -0.2) is 0 Å². The van der Waals surface area contributed by atoms with E-state index in [-0.39, 0.29) is 28.7 Å². The fourth-order valence-corrected chi connectivity index (χ4v) is 5.09. The molecule has 2 heterocycles. The molecule has 1 aromatic heterocycles. The second-order valence-electron chi connectivity index (χ2n) is 8.31. The lowest BCUT2D eigenvalue weighted by molar-refractivity contribution is 0.196. The first-order valence-electron chi connectivity index (χ1n) is 11.2. The van der Waals surface area contributed by atoms with E-state index in [9.17, 15) is 0 Å². The van der Waals surface area contributed by atoms with Crippen LogP contribution in [0.2, 0.25) is 0 Å². The number of nitrogens with zero attached hydrogens (tertiary/aromatic N) is 3. The molecule has 0 atom stereocenters. The van der Waals surface area contributed by atoms with Gasteiger partial charge in [-0.15, -0.1) is 35.7 Å². The lowest BCUT2D eigenvalue weighted by Crippen LogP contribution is -2.48. The van der Waals surface area contributed by atoms with Crippen LogP contribution in [0.15, 0.2) is 64.6 Å².